The summed E-state index contributed by atoms with van der Waals surface area (Å²) >= 11 is 11.5. The predicted octanol–water partition coefficient (Wildman–Crippen LogP) is 25.3. The lowest BCUT2D eigenvalue weighted by Gasteiger charge is -2.33. The summed E-state index contributed by atoms with van der Waals surface area (Å²) in [4.78, 5) is 13.1. The van der Waals surface area contributed by atoms with Crippen molar-refractivity contribution in [3.63, 3.8) is 0 Å². The quantitative estimate of drug-likeness (QED) is 0.0361. The van der Waals surface area contributed by atoms with E-state index in [0.717, 1.165) is 19.7 Å². The average Bonchev–Trinajstić information content (AvgIpc) is 4.20. The molecule has 2 aliphatic rings. The van der Waals surface area contributed by atoms with E-state index < -0.39 is 0 Å². The summed E-state index contributed by atoms with van der Waals surface area (Å²) in [7, 11) is 0. The summed E-state index contributed by atoms with van der Waals surface area (Å²) in [5, 5.41) is 2.22. The molecule has 2 nitrogen and oxygen atoms in total. The molecule has 0 spiro atoms. The Bertz CT molecular complexity index is 2440. The first-order valence-electron chi connectivity index (χ1n) is 31.5. The zero-order valence-corrected chi connectivity index (χ0v) is 52.7. The second-order valence-electron chi connectivity index (χ2n) is 23.6. The maximum absolute atomic E-state index is 5.47. The Balaban J connectivity index is 1.06. The fourth-order valence-corrected chi connectivity index (χ4v) is 16.4. The summed E-state index contributed by atoms with van der Waals surface area (Å²) in [6.45, 7) is 9.29. The lowest BCUT2D eigenvalue weighted by atomic mass is 9.70. The Morgan fingerprint density at radius 2 is 0.566 bits per heavy atom. The van der Waals surface area contributed by atoms with Crippen LogP contribution in [0.4, 0.5) is 0 Å². The number of halogens is 2. The van der Waals surface area contributed by atoms with Gasteiger partial charge in [0.15, 0.2) is 9.66 Å². The number of nitrogens with zero attached hydrogens (tertiary/aromatic N) is 2. The molecule has 8 rings (SSSR count). The summed E-state index contributed by atoms with van der Waals surface area (Å²) < 4.78 is 2.41. The SMILES string of the molecule is CCCCCCCCCCC1(CCCCCCCCCC)c2cc(Br)ccc2-c2ccc(-c3nc4sc(-c5ccc6c(c5)C(CCCCCCCCCC)(CCCCCCCCCC)c5cc(Br)ccc5-6)nc4s3)cc21. The molecule has 0 aliphatic heterocycles. The third kappa shape index (κ3) is 15.0. The lowest BCUT2D eigenvalue weighted by molar-refractivity contribution is 0.397. The van der Waals surface area contributed by atoms with Crippen molar-refractivity contribution < 1.29 is 0 Å². The standard InChI is InChI=1S/C70H96Br2N2S2/c1-5-9-13-17-21-25-29-33-45-69(46-34-30-26-22-18-14-10-6-2)61-49-53(37-41-57(61)59-43-39-55(71)51-63(59)69)65-73-67-68(75-65)74-66(76-67)54-38-42-58-60-44-40-56(72)52-64(60)70(62(58)50-54,47-35-31-27-23-19-15-11-7-3)48-36-32-28-24-20-16-12-8-4/h37-44,49-52H,5-36,45-48H2,1-4H3. The molecular formula is C70H96Br2N2S2. The first-order valence-corrected chi connectivity index (χ1v) is 34.8. The van der Waals surface area contributed by atoms with E-state index in [-0.39, 0.29) is 10.8 Å². The first-order chi connectivity index (χ1) is 37.4. The predicted molar refractivity (Wildman–Crippen MR) is 343 cm³/mol. The Morgan fingerprint density at radius 1 is 0.316 bits per heavy atom. The third-order valence-corrected chi connectivity index (χ3v) is 21.1. The molecule has 0 unspecified atom stereocenters. The van der Waals surface area contributed by atoms with Gasteiger partial charge in [0, 0.05) is 30.9 Å². The van der Waals surface area contributed by atoms with Gasteiger partial charge >= 0.3 is 0 Å². The van der Waals surface area contributed by atoms with Crippen molar-refractivity contribution in [2.45, 2.75) is 270 Å². The van der Waals surface area contributed by atoms with E-state index in [9.17, 15) is 0 Å². The van der Waals surface area contributed by atoms with Crippen molar-refractivity contribution in [2.24, 2.45) is 0 Å². The smallest absolute Gasteiger partial charge is 0.155 e. The maximum Gasteiger partial charge on any atom is 0.155 e. The number of hydrogen-bond acceptors (Lipinski definition) is 4. The van der Waals surface area contributed by atoms with Gasteiger partial charge in [-0.2, -0.15) is 0 Å². The van der Waals surface area contributed by atoms with Gasteiger partial charge in [-0.1, -0.05) is 324 Å². The minimum absolute atomic E-state index is 0.0238. The minimum atomic E-state index is 0.0238. The van der Waals surface area contributed by atoms with Crippen LogP contribution in [0.2, 0.25) is 0 Å². The van der Waals surface area contributed by atoms with Crippen LogP contribution in [0.25, 0.3) is 53.1 Å². The maximum atomic E-state index is 5.47. The van der Waals surface area contributed by atoms with Gasteiger partial charge in [0.1, 0.15) is 10.0 Å². The van der Waals surface area contributed by atoms with Gasteiger partial charge in [-0.05, 0) is 107 Å². The molecule has 0 radical (unpaired) electrons. The van der Waals surface area contributed by atoms with Crippen LogP contribution in [0.1, 0.15) is 281 Å². The van der Waals surface area contributed by atoms with Crippen LogP contribution in [-0.2, 0) is 10.8 Å². The summed E-state index contributed by atoms with van der Waals surface area (Å²) in [5.41, 5.74) is 14.5. The molecule has 0 fully saturated rings. The number of aromatic nitrogens is 2. The average molecular weight is 1190 g/mol. The number of hydrogen-bond donors (Lipinski definition) is 0. The number of rotatable bonds is 38. The van der Waals surface area contributed by atoms with Gasteiger partial charge < -0.3 is 0 Å². The van der Waals surface area contributed by atoms with E-state index in [1.165, 1.54) is 273 Å². The second-order valence-corrected chi connectivity index (χ2v) is 27.4. The number of unbranched alkanes of at least 4 members (excludes halogenated alkanes) is 28. The van der Waals surface area contributed by atoms with Gasteiger partial charge in [0.25, 0.3) is 0 Å². The number of thiazole rings is 2. The molecule has 4 aromatic carbocycles. The molecule has 2 aromatic heterocycles. The Labute approximate surface area is 487 Å². The van der Waals surface area contributed by atoms with Gasteiger partial charge in [0.2, 0.25) is 0 Å². The summed E-state index contributed by atoms with van der Waals surface area (Å²) in [6, 6.07) is 29.1. The number of benzene rings is 4. The molecule has 6 heteroatoms. The van der Waals surface area contributed by atoms with Gasteiger partial charge in [-0.15, -0.1) is 0 Å². The molecule has 0 atom stereocenters. The van der Waals surface area contributed by atoms with E-state index in [1.807, 2.05) is 0 Å². The zero-order valence-electron chi connectivity index (χ0n) is 47.9. The third-order valence-electron chi connectivity index (χ3n) is 17.9. The monoisotopic (exact) mass is 1190 g/mol. The fourth-order valence-electron chi connectivity index (χ4n) is 13.7. The van der Waals surface area contributed by atoms with Crippen molar-refractivity contribution in [2.75, 3.05) is 0 Å². The largest absolute Gasteiger partial charge is 0.223 e. The van der Waals surface area contributed by atoms with Crippen LogP contribution in [0.15, 0.2) is 81.7 Å². The second kappa shape index (κ2) is 30.8. The highest BCUT2D eigenvalue weighted by Gasteiger charge is 2.44. The molecule has 76 heavy (non-hydrogen) atoms. The topological polar surface area (TPSA) is 25.8 Å². The molecule has 6 aromatic rings. The highest BCUT2D eigenvalue weighted by molar-refractivity contribution is 9.10. The van der Waals surface area contributed by atoms with E-state index in [0.29, 0.717) is 0 Å². The van der Waals surface area contributed by atoms with Crippen LogP contribution < -0.4 is 0 Å². The molecule has 0 N–H and O–H groups in total. The van der Waals surface area contributed by atoms with E-state index in [4.69, 9.17) is 9.97 Å². The van der Waals surface area contributed by atoms with Crippen LogP contribution in [0.3, 0.4) is 0 Å². The van der Waals surface area contributed by atoms with Gasteiger partial charge in [0.05, 0.1) is 0 Å². The Hall–Kier alpha value is -2.64. The van der Waals surface area contributed by atoms with E-state index in [2.05, 4.69) is 132 Å². The van der Waals surface area contributed by atoms with Crippen molar-refractivity contribution in [1.29, 1.82) is 0 Å². The van der Waals surface area contributed by atoms with Crippen molar-refractivity contribution in [3.05, 3.63) is 104 Å². The summed E-state index contributed by atoms with van der Waals surface area (Å²) in [5.74, 6) is 0. The van der Waals surface area contributed by atoms with E-state index in [1.54, 1.807) is 44.9 Å². The molecule has 0 bridgehead atoms. The van der Waals surface area contributed by atoms with Crippen molar-refractivity contribution >= 4 is 64.2 Å². The van der Waals surface area contributed by atoms with Crippen LogP contribution >= 0.6 is 54.5 Å². The number of fused-ring (bicyclic) bond motifs is 7. The molecule has 2 aliphatic carbocycles. The molecule has 412 valence electrons. The van der Waals surface area contributed by atoms with Crippen molar-refractivity contribution in [3.8, 4) is 43.4 Å². The Morgan fingerprint density at radius 3 is 0.855 bits per heavy atom. The van der Waals surface area contributed by atoms with Crippen LogP contribution in [-0.4, -0.2) is 9.97 Å². The highest BCUT2D eigenvalue weighted by atomic mass is 79.9. The fraction of sp³-hybridized carbons (Fsp3) is 0.600. The molecule has 2 heterocycles. The zero-order chi connectivity index (χ0) is 53.0. The molecule has 0 saturated heterocycles. The van der Waals surface area contributed by atoms with E-state index >= 15 is 0 Å². The van der Waals surface area contributed by atoms with Crippen molar-refractivity contribution in [1.82, 2.24) is 9.97 Å². The molecule has 0 amide bonds. The lowest BCUT2D eigenvalue weighted by Crippen LogP contribution is -2.25. The highest BCUT2D eigenvalue weighted by Crippen LogP contribution is 2.58. The minimum Gasteiger partial charge on any atom is -0.223 e. The van der Waals surface area contributed by atoms with Crippen LogP contribution in [0, 0.1) is 0 Å². The molecule has 0 saturated carbocycles. The van der Waals surface area contributed by atoms with Gasteiger partial charge in [-0.25, -0.2) is 9.97 Å². The van der Waals surface area contributed by atoms with Gasteiger partial charge in [-0.3, -0.25) is 0 Å². The Kier molecular flexibility index (Phi) is 24.1. The normalized spacial score (nSPS) is 13.9. The first kappa shape index (κ1) is 59.5. The summed E-state index contributed by atoms with van der Waals surface area (Å²) in [6.07, 6.45) is 48.2. The molecular weight excluding hydrogens is 1090 g/mol. The van der Waals surface area contributed by atoms with Crippen LogP contribution in [0.5, 0.6) is 0 Å².